The summed E-state index contributed by atoms with van der Waals surface area (Å²) in [5, 5.41) is 9.64. The van der Waals surface area contributed by atoms with Crippen LogP contribution in [0, 0.1) is 5.92 Å². The molecule has 2 aromatic rings. The van der Waals surface area contributed by atoms with Crippen molar-refractivity contribution in [3.63, 3.8) is 0 Å². The Morgan fingerprint density at radius 3 is 2.88 bits per heavy atom. The molecule has 6 nitrogen and oxygen atoms in total. The third-order valence-corrected chi connectivity index (χ3v) is 5.58. The first-order valence-corrected chi connectivity index (χ1v) is 10.1. The van der Waals surface area contributed by atoms with E-state index in [4.69, 9.17) is 9.47 Å². The van der Waals surface area contributed by atoms with Gasteiger partial charge in [-0.05, 0) is 18.1 Å². The Morgan fingerprint density at radius 1 is 1.31 bits per heavy atom. The van der Waals surface area contributed by atoms with Gasteiger partial charge in [-0.25, -0.2) is 0 Å². The fourth-order valence-electron chi connectivity index (χ4n) is 3.24. The highest BCUT2D eigenvalue weighted by atomic mass is 32.2. The molecule has 142 valence electrons. The molecule has 26 heavy (non-hydrogen) atoms. The quantitative estimate of drug-likeness (QED) is 0.693. The Kier molecular flexibility index (Phi) is 6.56. The standard InChI is InChI=1S/C19H28N4O2S/c1-14(2)11-23-9-10-25-15(12-23)13-26-19-21-20-18(22(19)3)16-7-5-6-8-17(16)24-4/h5-8,14-15H,9-13H2,1-4H3/t15-/m0/s1. The SMILES string of the molecule is COc1ccccc1-c1nnc(SC[C@@H]2CN(CC(C)C)CCO2)n1C. The van der Waals surface area contributed by atoms with Crippen LogP contribution in [0.2, 0.25) is 0 Å². The van der Waals surface area contributed by atoms with Crippen LogP contribution < -0.4 is 4.74 Å². The van der Waals surface area contributed by atoms with Gasteiger partial charge in [-0.15, -0.1) is 10.2 Å². The van der Waals surface area contributed by atoms with Gasteiger partial charge in [-0.2, -0.15) is 0 Å². The molecule has 1 aliphatic heterocycles. The maximum absolute atomic E-state index is 5.94. The number of thioether (sulfide) groups is 1. The van der Waals surface area contributed by atoms with E-state index in [0.29, 0.717) is 5.92 Å². The number of ether oxygens (including phenoxy) is 2. The number of para-hydroxylation sites is 1. The molecule has 0 radical (unpaired) electrons. The predicted molar refractivity (Wildman–Crippen MR) is 105 cm³/mol. The Bertz CT molecular complexity index is 719. The third kappa shape index (κ3) is 4.58. The van der Waals surface area contributed by atoms with E-state index in [1.807, 2.05) is 35.9 Å². The molecule has 1 saturated heterocycles. The highest BCUT2D eigenvalue weighted by molar-refractivity contribution is 7.99. The van der Waals surface area contributed by atoms with Gasteiger partial charge < -0.3 is 14.0 Å². The number of rotatable bonds is 7. The van der Waals surface area contributed by atoms with Gasteiger partial charge in [0.25, 0.3) is 0 Å². The lowest BCUT2D eigenvalue weighted by atomic mass is 10.2. The summed E-state index contributed by atoms with van der Waals surface area (Å²) in [5.41, 5.74) is 0.953. The Labute approximate surface area is 159 Å². The van der Waals surface area contributed by atoms with Crippen molar-refractivity contribution >= 4 is 11.8 Å². The zero-order chi connectivity index (χ0) is 18.5. The van der Waals surface area contributed by atoms with Crippen molar-refractivity contribution in [1.29, 1.82) is 0 Å². The molecule has 0 amide bonds. The van der Waals surface area contributed by atoms with E-state index in [2.05, 4.69) is 28.9 Å². The largest absolute Gasteiger partial charge is 0.496 e. The number of hydrogen-bond acceptors (Lipinski definition) is 6. The topological polar surface area (TPSA) is 52.4 Å². The number of nitrogens with zero attached hydrogens (tertiary/aromatic N) is 4. The van der Waals surface area contributed by atoms with Gasteiger partial charge in [0.15, 0.2) is 11.0 Å². The van der Waals surface area contributed by atoms with Gasteiger partial charge in [0.2, 0.25) is 0 Å². The lowest BCUT2D eigenvalue weighted by Gasteiger charge is -2.33. The molecule has 3 rings (SSSR count). The van der Waals surface area contributed by atoms with E-state index < -0.39 is 0 Å². The van der Waals surface area contributed by atoms with Crippen LogP contribution in [0.5, 0.6) is 5.75 Å². The van der Waals surface area contributed by atoms with E-state index >= 15 is 0 Å². The summed E-state index contributed by atoms with van der Waals surface area (Å²) >= 11 is 1.70. The molecule has 1 aromatic heterocycles. The minimum atomic E-state index is 0.235. The van der Waals surface area contributed by atoms with Gasteiger partial charge in [-0.1, -0.05) is 37.7 Å². The molecule has 0 spiro atoms. The van der Waals surface area contributed by atoms with Gasteiger partial charge in [-0.3, -0.25) is 4.90 Å². The number of hydrogen-bond donors (Lipinski definition) is 0. The first kappa shape index (κ1) is 19.2. The van der Waals surface area contributed by atoms with Gasteiger partial charge >= 0.3 is 0 Å². The first-order valence-electron chi connectivity index (χ1n) is 9.08. The monoisotopic (exact) mass is 376 g/mol. The molecule has 7 heteroatoms. The maximum atomic E-state index is 5.94. The first-order chi connectivity index (χ1) is 12.6. The summed E-state index contributed by atoms with van der Waals surface area (Å²) in [6.45, 7) is 8.48. The number of aromatic nitrogens is 3. The van der Waals surface area contributed by atoms with Crippen LogP contribution in [0.25, 0.3) is 11.4 Å². The molecule has 0 N–H and O–H groups in total. The van der Waals surface area contributed by atoms with Gasteiger partial charge in [0, 0.05) is 32.4 Å². The highest BCUT2D eigenvalue weighted by Gasteiger charge is 2.22. The Hall–Kier alpha value is -1.57. The van der Waals surface area contributed by atoms with Crippen molar-refractivity contribution in [2.75, 3.05) is 39.1 Å². The minimum Gasteiger partial charge on any atom is -0.496 e. The molecule has 1 aliphatic rings. The second-order valence-corrected chi connectivity index (χ2v) is 8.01. The van der Waals surface area contributed by atoms with Crippen molar-refractivity contribution in [3.05, 3.63) is 24.3 Å². The van der Waals surface area contributed by atoms with Gasteiger partial charge in [0.1, 0.15) is 5.75 Å². The van der Waals surface area contributed by atoms with Crippen LogP contribution >= 0.6 is 11.8 Å². The van der Waals surface area contributed by atoms with Crippen molar-refractivity contribution in [3.8, 4) is 17.1 Å². The Morgan fingerprint density at radius 2 is 2.12 bits per heavy atom. The van der Waals surface area contributed by atoms with Crippen molar-refractivity contribution < 1.29 is 9.47 Å². The lowest BCUT2D eigenvalue weighted by molar-refractivity contribution is -0.0191. The van der Waals surface area contributed by atoms with Crippen molar-refractivity contribution in [2.45, 2.75) is 25.1 Å². The van der Waals surface area contributed by atoms with E-state index in [-0.39, 0.29) is 6.10 Å². The second kappa shape index (κ2) is 8.88. The third-order valence-electron chi connectivity index (χ3n) is 4.43. The van der Waals surface area contributed by atoms with Crippen LogP contribution in [0.4, 0.5) is 0 Å². The molecular formula is C19H28N4O2S. The van der Waals surface area contributed by atoms with E-state index in [1.54, 1.807) is 18.9 Å². The minimum absolute atomic E-state index is 0.235. The number of benzene rings is 1. The van der Waals surface area contributed by atoms with Crippen LogP contribution in [0.1, 0.15) is 13.8 Å². The van der Waals surface area contributed by atoms with Crippen LogP contribution in [0.3, 0.4) is 0 Å². The zero-order valence-electron chi connectivity index (χ0n) is 16.0. The van der Waals surface area contributed by atoms with E-state index in [9.17, 15) is 0 Å². The molecule has 2 heterocycles. The van der Waals surface area contributed by atoms with Gasteiger partial charge in [0.05, 0.1) is 25.4 Å². The lowest BCUT2D eigenvalue weighted by Crippen LogP contribution is -2.44. The van der Waals surface area contributed by atoms with Crippen molar-refractivity contribution in [2.24, 2.45) is 13.0 Å². The summed E-state index contributed by atoms with van der Waals surface area (Å²) in [4.78, 5) is 2.50. The Balaban J connectivity index is 1.64. The fourth-order valence-corrected chi connectivity index (χ4v) is 4.15. The molecule has 1 atom stereocenters. The summed E-state index contributed by atoms with van der Waals surface area (Å²) in [6.07, 6.45) is 0.235. The average Bonchev–Trinajstić information content (AvgIpc) is 3.00. The number of methoxy groups -OCH3 is 1. The molecule has 1 fully saturated rings. The smallest absolute Gasteiger partial charge is 0.191 e. The average molecular weight is 377 g/mol. The van der Waals surface area contributed by atoms with E-state index in [1.165, 1.54) is 0 Å². The molecule has 0 bridgehead atoms. The van der Waals surface area contributed by atoms with Crippen LogP contribution in [0.15, 0.2) is 29.4 Å². The molecule has 0 aliphatic carbocycles. The predicted octanol–water partition coefficient (Wildman–Crippen LogP) is 2.94. The van der Waals surface area contributed by atoms with Crippen LogP contribution in [-0.2, 0) is 11.8 Å². The molecular weight excluding hydrogens is 348 g/mol. The molecule has 0 saturated carbocycles. The summed E-state index contributed by atoms with van der Waals surface area (Å²) in [6, 6.07) is 7.89. The summed E-state index contributed by atoms with van der Waals surface area (Å²) < 4.78 is 13.4. The second-order valence-electron chi connectivity index (χ2n) is 7.02. The molecule has 1 aromatic carbocycles. The normalized spacial score (nSPS) is 18.4. The molecule has 0 unspecified atom stereocenters. The fraction of sp³-hybridized carbons (Fsp3) is 0.579. The number of morpholine rings is 1. The van der Waals surface area contributed by atoms with E-state index in [0.717, 1.165) is 54.3 Å². The zero-order valence-corrected chi connectivity index (χ0v) is 16.8. The van der Waals surface area contributed by atoms with Crippen molar-refractivity contribution in [1.82, 2.24) is 19.7 Å². The summed E-state index contributed by atoms with van der Waals surface area (Å²) in [5.74, 6) is 3.19. The van der Waals surface area contributed by atoms with Crippen LogP contribution in [-0.4, -0.2) is 64.9 Å². The maximum Gasteiger partial charge on any atom is 0.191 e. The summed E-state index contributed by atoms with van der Waals surface area (Å²) in [7, 11) is 3.67. The highest BCUT2D eigenvalue weighted by Crippen LogP contribution is 2.30.